The third kappa shape index (κ3) is 3.71. The highest BCUT2D eigenvalue weighted by Crippen LogP contribution is 2.23. The molecule has 1 atom stereocenters. The molecule has 0 saturated carbocycles. The van der Waals surface area contributed by atoms with Gasteiger partial charge in [0.2, 0.25) is 11.8 Å². The number of rotatable bonds is 6. The number of amides is 1. The molecule has 1 aromatic heterocycles. The molecular weight excluding hydrogens is 254 g/mol. The number of nitrogens with zero attached hydrogens (tertiary/aromatic N) is 1. The Balaban J connectivity index is 2.10. The van der Waals surface area contributed by atoms with Gasteiger partial charge >= 0.3 is 0 Å². The Labute approximate surface area is 117 Å². The standard InChI is InChI=1S/C15H17N3O2/c1-2-13(15(16)19)18-11-6-5-7-12(10-11)20-14-8-3-4-9-17-14/h3-10,13,18H,2H2,1H3,(H2,16,19)/t13-/m0/s1. The summed E-state index contributed by atoms with van der Waals surface area (Å²) < 4.78 is 5.63. The summed E-state index contributed by atoms with van der Waals surface area (Å²) in [6.07, 6.45) is 2.29. The molecule has 5 heteroatoms. The van der Waals surface area contributed by atoms with Gasteiger partial charge in [-0.1, -0.05) is 19.1 Å². The second-order valence-electron chi connectivity index (χ2n) is 4.31. The van der Waals surface area contributed by atoms with Gasteiger partial charge in [0.05, 0.1) is 0 Å². The summed E-state index contributed by atoms with van der Waals surface area (Å²) in [5.41, 5.74) is 6.10. The van der Waals surface area contributed by atoms with E-state index in [4.69, 9.17) is 10.5 Å². The maximum absolute atomic E-state index is 11.2. The number of carbonyl (C=O) groups excluding carboxylic acids is 1. The fraction of sp³-hybridized carbons (Fsp3) is 0.200. The zero-order chi connectivity index (χ0) is 14.4. The second-order valence-corrected chi connectivity index (χ2v) is 4.31. The molecule has 1 heterocycles. The number of nitrogens with two attached hydrogens (primary N) is 1. The number of anilines is 1. The molecule has 5 nitrogen and oxygen atoms in total. The minimum Gasteiger partial charge on any atom is -0.439 e. The van der Waals surface area contributed by atoms with E-state index in [1.54, 1.807) is 18.3 Å². The van der Waals surface area contributed by atoms with E-state index in [1.807, 2.05) is 37.3 Å². The lowest BCUT2D eigenvalue weighted by Gasteiger charge is -2.15. The van der Waals surface area contributed by atoms with Crippen LogP contribution in [-0.4, -0.2) is 16.9 Å². The van der Waals surface area contributed by atoms with Crippen molar-refractivity contribution in [2.75, 3.05) is 5.32 Å². The van der Waals surface area contributed by atoms with E-state index in [-0.39, 0.29) is 11.9 Å². The Kier molecular flexibility index (Phi) is 4.55. The number of ether oxygens (including phenoxy) is 1. The van der Waals surface area contributed by atoms with Gasteiger partial charge in [-0.15, -0.1) is 0 Å². The molecule has 0 radical (unpaired) electrons. The van der Waals surface area contributed by atoms with Crippen molar-refractivity contribution in [1.82, 2.24) is 4.98 Å². The first-order valence-electron chi connectivity index (χ1n) is 6.44. The molecule has 0 aliphatic carbocycles. The van der Waals surface area contributed by atoms with Crippen LogP contribution in [0.25, 0.3) is 0 Å². The van der Waals surface area contributed by atoms with Gasteiger partial charge in [0.1, 0.15) is 11.8 Å². The molecule has 0 aliphatic heterocycles. The molecule has 20 heavy (non-hydrogen) atoms. The maximum Gasteiger partial charge on any atom is 0.239 e. The molecule has 0 spiro atoms. The summed E-state index contributed by atoms with van der Waals surface area (Å²) in [5.74, 6) is 0.795. The molecule has 1 aromatic carbocycles. The van der Waals surface area contributed by atoms with Crippen LogP contribution in [0.2, 0.25) is 0 Å². The summed E-state index contributed by atoms with van der Waals surface area (Å²) in [5, 5.41) is 3.08. The van der Waals surface area contributed by atoms with Crippen molar-refractivity contribution < 1.29 is 9.53 Å². The van der Waals surface area contributed by atoms with E-state index in [0.29, 0.717) is 18.1 Å². The molecule has 1 amide bonds. The third-order valence-electron chi connectivity index (χ3n) is 2.79. The van der Waals surface area contributed by atoms with Crippen molar-refractivity contribution in [3.8, 4) is 11.6 Å². The number of pyridine rings is 1. The largest absolute Gasteiger partial charge is 0.439 e. The zero-order valence-corrected chi connectivity index (χ0v) is 11.2. The first kappa shape index (κ1) is 13.9. The van der Waals surface area contributed by atoms with E-state index >= 15 is 0 Å². The monoisotopic (exact) mass is 271 g/mol. The first-order chi connectivity index (χ1) is 9.69. The summed E-state index contributed by atoms with van der Waals surface area (Å²) in [4.78, 5) is 15.3. The number of hydrogen-bond acceptors (Lipinski definition) is 4. The SMILES string of the molecule is CC[C@H](Nc1cccc(Oc2ccccn2)c1)C(N)=O. The second kappa shape index (κ2) is 6.56. The van der Waals surface area contributed by atoms with E-state index in [0.717, 1.165) is 5.69 Å². The molecule has 104 valence electrons. The molecule has 0 saturated heterocycles. The van der Waals surface area contributed by atoms with Crippen molar-refractivity contribution in [2.24, 2.45) is 5.73 Å². The maximum atomic E-state index is 11.2. The lowest BCUT2D eigenvalue weighted by Crippen LogP contribution is -2.34. The third-order valence-corrected chi connectivity index (χ3v) is 2.79. The Morgan fingerprint density at radius 2 is 2.20 bits per heavy atom. The van der Waals surface area contributed by atoms with Crippen LogP contribution in [0.5, 0.6) is 11.6 Å². The minimum atomic E-state index is -0.389. The van der Waals surface area contributed by atoms with Crippen LogP contribution in [0.15, 0.2) is 48.7 Å². The van der Waals surface area contributed by atoms with Gasteiger partial charge in [0.15, 0.2) is 0 Å². The highest BCUT2D eigenvalue weighted by Gasteiger charge is 2.12. The van der Waals surface area contributed by atoms with E-state index in [1.165, 1.54) is 0 Å². The number of hydrogen-bond donors (Lipinski definition) is 2. The van der Waals surface area contributed by atoms with Crippen molar-refractivity contribution in [3.63, 3.8) is 0 Å². The quantitative estimate of drug-likeness (QED) is 0.846. The predicted octanol–water partition coefficient (Wildman–Crippen LogP) is 2.55. The minimum absolute atomic E-state index is 0.372. The van der Waals surface area contributed by atoms with E-state index in [2.05, 4.69) is 10.3 Å². The van der Waals surface area contributed by atoms with Crippen LogP contribution in [0, 0.1) is 0 Å². The number of aromatic nitrogens is 1. The van der Waals surface area contributed by atoms with Gasteiger partial charge in [-0.3, -0.25) is 4.79 Å². The molecule has 0 fully saturated rings. The average Bonchev–Trinajstić information content (AvgIpc) is 2.46. The highest BCUT2D eigenvalue weighted by molar-refractivity contribution is 5.82. The molecule has 0 bridgehead atoms. The van der Waals surface area contributed by atoms with Gasteiger partial charge < -0.3 is 15.8 Å². The summed E-state index contributed by atoms with van der Waals surface area (Å²) in [6.45, 7) is 1.90. The normalized spacial score (nSPS) is 11.7. The number of nitrogens with one attached hydrogen (secondary N) is 1. The van der Waals surface area contributed by atoms with Crippen LogP contribution >= 0.6 is 0 Å². The van der Waals surface area contributed by atoms with E-state index < -0.39 is 0 Å². The smallest absolute Gasteiger partial charge is 0.239 e. The van der Waals surface area contributed by atoms with Gasteiger partial charge in [0, 0.05) is 24.0 Å². The van der Waals surface area contributed by atoms with Crippen molar-refractivity contribution in [3.05, 3.63) is 48.7 Å². The number of primary amides is 1. The predicted molar refractivity (Wildman–Crippen MR) is 77.6 cm³/mol. The number of benzene rings is 1. The summed E-state index contributed by atoms with van der Waals surface area (Å²) in [6, 6.07) is 12.4. The molecule has 2 aromatic rings. The van der Waals surface area contributed by atoms with Crippen LogP contribution in [-0.2, 0) is 4.79 Å². The van der Waals surface area contributed by atoms with E-state index in [9.17, 15) is 4.79 Å². The van der Waals surface area contributed by atoms with Crippen LogP contribution in [0.1, 0.15) is 13.3 Å². The molecule has 3 N–H and O–H groups in total. The average molecular weight is 271 g/mol. The topological polar surface area (TPSA) is 77.2 Å². The first-order valence-corrected chi connectivity index (χ1v) is 6.44. The lowest BCUT2D eigenvalue weighted by molar-refractivity contribution is -0.118. The number of carbonyl (C=O) groups is 1. The van der Waals surface area contributed by atoms with Crippen LogP contribution in [0.3, 0.4) is 0 Å². The van der Waals surface area contributed by atoms with Crippen LogP contribution in [0.4, 0.5) is 5.69 Å². The lowest BCUT2D eigenvalue weighted by atomic mass is 10.2. The fourth-order valence-electron chi connectivity index (χ4n) is 1.75. The van der Waals surface area contributed by atoms with Gasteiger partial charge in [0.25, 0.3) is 0 Å². The van der Waals surface area contributed by atoms with Crippen molar-refractivity contribution in [1.29, 1.82) is 0 Å². The highest BCUT2D eigenvalue weighted by atomic mass is 16.5. The Morgan fingerprint density at radius 1 is 1.35 bits per heavy atom. The summed E-state index contributed by atoms with van der Waals surface area (Å²) >= 11 is 0. The zero-order valence-electron chi connectivity index (χ0n) is 11.2. The fourth-order valence-corrected chi connectivity index (χ4v) is 1.75. The molecular formula is C15H17N3O2. The molecule has 0 aliphatic rings. The Bertz CT molecular complexity index is 572. The van der Waals surface area contributed by atoms with Crippen molar-refractivity contribution in [2.45, 2.75) is 19.4 Å². The van der Waals surface area contributed by atoms with Gasteiger partial charge in [-0.25, -0.2) is 4.98 Å². The van der Waals surface area contributed by atoms with Gasteiger partial charge in [-0.05, 0) is 24.6 Å². The van der Waals surface area contributed by atoms with Crippen molar-refractivity contribution >= 4 is 11.6 Å². The van der Waals surface area contributed by atoms with Crippen LogP contribution < -0.4 is 15.8 Å². The van der Waals surface area contributed by atoms with Gasteiger partial charge in [-0.2, -0.15) is 0 Å². The molecule has 0 unspecified atom stereocenters. The molecule has 2 rings (SSSR count). The summed E-state index contributed by atoms with van der Waals surface area (Å²) in [7, 11) is 0. The Morgan fingerprint density at radius 3 is 2.85 bits per heavy atom. The Hall–Kier alpha value is -2.56.